The smallest absolute Gasteiger partial charge is 0.390 e. The first-order chi connectivity index (χ1) is 8.41. The lowest BCUT2D eigenvalue weighted by Crippen LogP contribution is -2.05. The largest absolute Gasteiger partial charge is 0.416 e. The van der Waals surface area contributed by atoms with Crippen LogP contribution in [0.1, 0.15) is 11.3 Å². The van der Waals surface area contributed by atoms with E-state index in [0.29, 0.717) is 20.7 Å². The molecule has 0 atom stereocenters. The van der Waals surface area contributed by atoms with Crippen LogP contribution in [0.5, 0.6) is 0 Å². The Labute approximate surface area is 114 Å². The number of aromatic amines is 1. The SMILES string of the molecule is OCc1cnc(-c2cc(C(F)(F)F)ccc2I)[nH]1. The molecular weight excluding hydrogens is 360 g/mol. The number of aliphatic hydroxyl groups excluding tert-OH is 1. The Hall–Kier alpha value is -1.09. The van der Waals surface area contributed by atoms with Crippen LogP contribution in [0, 0.1) is 3.57 Å². The lowest BCUT2D eigenvalue weighted by Gasteiger charge is -2.09. The summed E-state index contributed by atoms with van der Waals surface area (Å²) in [6.07, 6.45) is -2.99. The Kier molecular flexibility index (Phi) is 3.62. The summed E-state index contributed by atoms with van der Waals surface area (Å²) >= 11 is 1.94. The van der Waals surface area contributed by atoms with Gasteiger partial charge in [-0.1, -0.05) is 0 Å². The molecule has 0 spiro atoms. The van der Waals surface area contributed by atoms with E-state index >= 15 is 0 Å². The summed E-state index contributed by atoms with van der Waals surface area (Å²) in [6, 6.07) is 3.46. The lowest BCUT2D eigenvalue weighted by molar-refractivity contribution is -0.137. The second-order valence-electron chi connectivity index (χ2n) is 3.61. The van der Waals surface area contributed by atoms with E-state index in [9.17, 15) is 13.2 Å². The number of nitrogens with zero attached hydrogens (tertiary/aromatic N) is 1. The number of halogens is 4. The van der Waals surface area contributed by atoms with Crippen molar-refractivity contribution in [2.75, 3.05) is 0 Å². The number of H-pyrrole nitrogens is 1. The van der Waals surface area contributed by atoms with Crippen molar-refractivity contribution < 1.29 is 18.3 Å². The van der Waals surface area contributed by atoms with Gasteiger partial charge in [0.1, 0.15) is 5.82 Å². The van der Waals surface area contributed by atoms with Gasteiger partial charge in [0, 0.05) is 9.13 Å². The third-order valence-corrected chi connectivity index (χ3v) is 3.29. The predicted molar refractivity (Wildman–Crippen MR) is 67.7 cm³/mol. The number of rotatable bonds is 2. The summed E-state index contributed by atoms with van der Waals surface area (Å²) in [5.74, 6) is 0.314. The van der Waals surface area contributed by atoms with E-state index in [4.69, 9.17) is 5.11 Å². The number of hydrogen-bond acceptors (Lipinski definition) is 2. The van der Waals surface area contributed by atoms with Gasteiger partial charge in [0.2, 0.25) is 0 Å². The molecule has 2 aromatic rings. The molecule has 1 aromatic carbocycles. The minimum Gasteiger partial charge on any atom is -0.390 e. The summed E-state index contributed by atoms with van der Waals surface area (Å²) < 4.78 is 38.5. The Morgan fingerprint density at radius 2 is 2.06 bits per heavy atom. The Morgan fingerprint density at radius 3 is 2.61 bits per heavy atom. The van der Waals surface area contributed by atoms with Gasteiger partial charge >= 0.3 is 6.18 Å². The Morgan fingerprint density at radius 1 is 1.33 bits per heavy atom. The molecule has 7 heteroatoms. The van der Waals surface area contributed by atoms with Crippen LogP contribution in [0.4, 0.5) is 13.2 Å². The van der Waals surface area contributed by atoms with Gasteiger partial charge in [0.15, 0.2) is 0 Å². The topological polar surface area (TPSA) is 48.9 Å². The van der Waals surface area contributed by atoms with E-state index in [1.54, 1.807) is 0 Å². The number of nitrogens with one attached hydrogen (secondary N) is 1. The van der Waals surface area contributed by atoms with Crippen molar-refractivity contribution in [3.63, 3.8) is 0 Å². The monoisotopic (exact) mass is 368 g/mol. The molecular formula is C11H8F3IN2O. The fraction of sp³-hybridized carbons (Fsp3) is 0.182. The molecule has 0 unspecified atom stereocenters. The highest BCUT2D eigenvalue weighted by Gasteiger charge is 2.31. The molecule has 18 heavy (non-hydrogen) atoms. The summed E-state index contributed by atoms with van der Waals surface area (Å²) in [5, 5.41) is 8.90. The zero-order valence-electron chi connectivity index (χ0n) is 8.92. The normalized spacial score (nSPS) is 11.8. The van der Waals surface area contributed by atoms with Gasteiger partial charge in [0.05, 0.1) is 24.1 Å². The first-order valence-corrected chi connectivity index (χ1v) is 6.01. The van der Waals surface area contributed by atoms with Crippen molar-refractivity contribution in [2.45, 2.75) is 12.8 Å². The fourth-order valence-corrected chi connectivity index (χ4v) is 2.05. The van der Waals surface area contributed by atoms with Gasteiger partial charge in [-0.3, -0.25) is 0 Å². The molecule has 3 nitrogen and oxygen atoms in total. The van der Waals surface area contributed by atoms with E-state index in [2.05, 4.69) is 9.97 Å². The molecule has 0 radical (unpaired) electrons. The van der Waals surface area contributed by atoms with Crippen LogP contribution >= 0.6 is 22.6 Å². The van der Waals surface area contributed by atoms with E-state index in [1.165, 1.54) is 12.3 Å². The lowest BCUT2D eigenvalue weighted by atomic mass is 10.1. The van der Waals surface area contributed by atoms with Crippen molar-refractivity contribution in [3.05, 3.63) is 39.2 Å². The van der Waals surface area contributed by atoms with E-state index in [1.807, 2.05) is 22.6 Å². The van der Waals surface area contributed by atoms with E-state index in [0.717, 1.165) is 12.1 Å². The molecule has 1 aromatic heterocycles. The summed E-state index contributed by atoms with van der Waals surface area (Å²) in [7, 11) is 0. The fourth-order valence-electron chi connectivity index (χ4n) is 1.46. The Balaban J connectivity index is 2.49. The number of hydrogen-bond donors (Lipinski definition) is 2. The maximum absolute atomic E-state index is 12.6. The molecule has 2 rings (SSSR count). The average molecular weight is 368 g/mol. The van der Waals surface area contributed by atoms with Crippen LogP contribution in [0.15, 0.2) is 24.4 Å². The van der Waals surface area contributed by atoms with E-state index < -0.39 is 11.7 Å². The number of aliphatic hydroxyl groups is 1. The number of alkyl halides is 3. The van der Waals surface area contributed by atoms with Crippen molar-refractivity contribution in [1.82, 2.24) is 9.97 Å². The molecule has 0 fully saturated rings. The molecule has 2 N–H and O–H groups in total. The highest BCUT2D eigenvalue weighted by Crippen LogP contribution is 2.33. The summed E-state index contributed by atoms with van der Waals surface area (Å²) in [4.78, 5) is 6.72. The van der Waals surface area contributed by atoms with Gasteiger partial charge in [-0.15, -0.1) is 0 Å². The van der Waals surface area contributed by atoms with Gasteiger partial charge < -0.3 is 10.1 Å². The second kappa shape index (κ2) is 4.88. The van der Waals surface area contributed by atoms with Gasteiger partial charge in [-0.25, -0.2) is 4.98 Å². The van der Waals surface area contributed by atoms with Gasteiger partial charge in [-0.2, -0.15) is 13.2 Å². The molecule has 0 bridgehead atoms. The Bertz CT molecular complexity index is 566. The first-order valence-electron chi connectivity index (χ1n) is 4.93. The van der Waals surface area contributed by atoms with Crippen LogP contribution in [0.2, 0.25) is 0 Å². The minimum atomic E-state index is -4.38. The second-order valence-corrected chi connectivity index (χ2v) is 4.77. The molecule has 96 valence electrons. The van der Waals surface area contributed by atoms with Crippen molar-refractivity contribution in [2.24, 2.45) is 0 Å². The quantitative estimate of drug-likeness (QED) is 0.801. The molecule has 0 saturated carbocycles. The third-order valence-electron chi connectivity index (χ3n) is 2.35. The van der Waals surface area contributed by atoms with Crippen molar-refractivity contribution in [3.8, 4) is 11.4 Å². The summed E-state index contributed by atoms with van der Waals surface area (Å²) in [6.45, 7) is -0.234. The van der Waals surface area contributed by atoms with Crippen molar-refractivity contribution in [1.29, 1.82) is 0 Å². The highest BCUT2D eigenvalue weighted by molar-refractivity contribution is 14.1. The standard InChI is InChI=1S/C11H8F3IN2O/c12-11(13,14)6-1-2-9(15)8(3-6)10-16-4-7(5-18)17-10/h1-4,18H,5H2,(H,16,17). The maximum Gasteiger partial charge on any atom is 0.416 e. The predicted octanol–water partition coefficient (Wildman–Crippen LogP) is 3.19. The van der Waals surface area contributed by atoms with Crippen LogP contribution in [-0.2, 0) is 12.8 Å². The highest BCUT2D eigenvalue weighted by atomic mass is 127. The third kappa shape index (κ3) is 2.66. The number of aromatic nitrogens is 2. The van der Waals surface area contributed by atoms with Gasteiger partial charge in [0.25, 0.3) is 0 Å². The molecule has 1 heterocycles. The molecule has 0 amide bonds. The molecule has 0 aliphatic heterocycles. The average Bonchev–Trinajstić information content (AvgIpc) is 2.76. The van der Waals surface area contributed by atoms with E-state index in [-0.39, 0.29) is 6.61 Å². The number of benzene rings is 1. The molecule has 0 aliphatic rings. The minimum absolute atomic E-state index is 0.234. The van der Waals surface area contributed by atoms with Crippen LogP contribution in [-0.4, -0.2) is 15.1 Å². The zero-order valence-corrected chi connectivity index (χ0v) is 11.1. The van der Waals surface area contributed by atoms with Crippen molar-refractivity contribution >= 4 is 22.6 Å². The van der Waals surface area contributed by atoms with Crippen LogP contribution in [0.25, 0.3) is 11.4 Å². The van der Waals surface area contributed by atoms with Crippen LogP contribution < -0.4 is 0 Å². The van der Waals surface area contributed by atoms with Crippen LogP contribution in [0.3, 0.4) is 0 Å². The summed E-state index contributed by atoms with van der Waals surface area (Å²) in [5.41, 5.74) is 0.100. The van der Waals surface area contributed by atoms with Gasteiger partial charge in [-0.05, 0) is 40.8 Å². The first kappa shape index (κ1) is 13.3. The number of imidazole rings is 1. The molecule has 0 saturated heterocycles. The zero-order chi connectivity index (χ0) is 13.3. The maximum atomic E-state index is 12.6. The molecule has 0 aliphatic carbocycles.